The molecule has 5 nitrogen and oxygen atoms in total. The molecule has 3 aromatic rings. The van der Waals surface area contributed by atoms with Crippen LogP contribution in [0.2, 0.25) is 5.02 Å². The number of H-pyrrole nitrogens is 1. The molecule has 0 aliphatic carbocycles. The van der Waals surface area contributed by atoms with Crippen molar-refractivity contribution in [1.82, 2.24) is 10.3 Å². The van der Waals surface area contributed by atoms with E-state index in [1.807, 2.05) is 24.4 Å². The molecule has 1 heterocycles. The molecule has 0 atom stereocenters. The van der Waals surface area contributed by atoms with Crippen molar-refractivity contribution in [1.29, 1.82) is 0 Å². The molecular weight excluding hydrogens is 364 g/mol. The van der Waals surface area contributed by atoms with Crippen molar-refractivity contribution in [3.05, 3.63) is 58.7 Å². The molecule has 2 N–H and O–H groups in total. The second-order valence-corrected chi connectivity index (χ2v) is 7.50. The molecule has 6 heteroatoms. The molecule has 0 saturated heterocycles. The maximum absolute atomic E-state index is 12.7. The van der Waals surface area contributed by atoms with E-state index in [0.717, 1.165) is 16.5 Å². The van der Waals surface area contributed by atoms with Gasteiger partial charge in [0.15, 0.2) is 0 Å². The van der Waals surface area contributed by atoms with Gasteiger partial charge in [-0.2, -0.15) is 0 Å². The molecule has 0 spiro atoms. The summed E-state index contributed by atoms with van der Waals surface area (Å²) in [6.07, 6.45) is 1.97. The highest BCUT2D eigenvalue weighted by atomic mass is 35.5. The standard InChI is InChI=1S/C21H23ClN2O3/c1-21(2,18-11-23-19-9-14(22)5-6-17(18)19)12-24-20(25)13-7-15(26-3)10-16(8-13)27-4/h5-11,23H,12H2,1-4H3,(H,24,25). The summed E-state index contributed by atoms with van der Waals surface area (Å²) in [6, 6.07) is 10.9. The van der Waals surface area contributed by atoms with Gasteiger partial charge >= 0.3 is 0 Å². The van der Waals surface area contributed by atoms with Crippen molar-refractivity contribution in [2.24, 2.45) is 0 Å². The third-order valence-corrected chi connectivity index (χ3v) is 4.91. The quantitative estimate of drug-likeness (QED) is 0.653. The summed E-state index contributed by atoms with van der Waals surface area (Å²) in [7, 11) is 3.12. The summed E-state index contributed by atoms with van der Waals surface area (Å²) in [6.45, 7) is 4.66. The van der Waals surface area contributed by atoms with Crippen LogP contribution < -0.4 is 14.8 Å². The number of ether oxygens (including phenoxy) is 2. The Morgan fingerprint density at radius 3 is 2.41 bits per heavy atom. The second-order valence-electron chi connectivity index (χ2n) is 7.06. The van der Waals surface area contributed by atoms with Crippen LogP contribution in [0.4, 0.5) is 0 Å². The zero-order chi connectivity index (χ0) is 19.6. The first kappa shape index (κ1) is 19.1. The lowest BCUT2D eigenvalue weighted by Gasteiger charge is -2.25. The van der Waals surface area contributed by atoms with Gasteiger partial charge in [-0.1, -0.05) is 31.5 Å². The zero-order valence-electron chi connectivity index (χ0n) is 15.9. The first-order valence-electron chi connectivity index (χ1n) is 8.62. The minimum Gasteiger partial charge on any atom is -0.497 e. The molecule has 0 radical (unpaired) electrons. The molecule has 0 aliphatic rings. The van der Waals surface area contributed by atoms with E-state index < -0.39 is 0 Å². The number of carbonyl (C=O) groups excluding carboxylic acids is 1. The zero-order valence-corrected chi connectivity index (χ0v) is 16.6. The highest BCUT2D eigenvalue weighted by Gasteiger charge is 2.25. The molecule has 27 heavy (non-hydrogen) atoms. The Labute approximate surface area is 163 Å². The topological polar surface area (TPSA) is 63.4 Å². The number of rotatable bonds is 6. The maximum Gasteiger partial charge on any atom is 0.251 e. The fourth-order valence-electron chi connectivity index (χ4n) is 3.10. The molecule has 0 saturated carbocycles. The Morgan fingerprint density at radius 2 is 1.78 bits per heavy atom. The predicted molar refractivity (Wildman–Crippen MR) is 108 cm³/mol. The number of carbonyl (C=O) groups is 1. The van der Waals surface area contributed by atoms with Crippen molar-refractivity contribution in [3.8, 4) is 11.5 Å². The van der Waals surface area contributed by atoms with E-state index in [2.05, 4.69) is 24.1 Å². The predicted octanol–water partition coefficient (Wildman–Crippen LogP) is 4.55. The Balaban J connectivity index is 1.79. The number of aromatic nitrogens is 1. The Kier molecular flexibility index (Phi) is 5.33. The Morgan fingerprint density at radius 1 is 1.11 bits per heavy atom. The summed E-state index contributed by atoms with van der Waals surface area (Å²) >= 11 is 6.06. The van der Waals surface area contributed by atoms with Gasteiger partial charge in [0.05, 0.1) is 14.2 Å². The number of aromatic amines is 1. The van der Waals surface area contributed by atoms with Crippen LogP contribution in [-0.4, -0.2) is 31.7 Å². The summed E-state index contributed by atoms with van der Waals surface area (Å²) in [5, 5.41) is 4.80. The average molecular weight is 387 g/mol. The molecule has 0 unspecified atom stereocenters. The number of benzene rings is 2. The van der Waals surface area contributed by atoms with Crippen LogP contribution in [0, 0.1) is 0 Å². The number of nitrogens with one attached hydrogen (secondary N) is 2. The lowest BCUT2D eigenvalue weighted by Crippen LogP contribution is -2.36. The fourth-order valence-corrected chi connectivity index (χ4v) is 3.27. The van der Waals surface area contributed by atoms with Crippen molar-refractivity contribution >= 4 is 28.4 Å². The first-order chi connectivity index (χ1) is 12.8. The minimum absolute atomic E-state index is 0.178. The van der Waals surface area contributed by atoms with Crippen molar-refractivity contribution < 1.29 is 14.3 Å². The van der Waals surface area contributed by atoms with Crippen molar-refractivity contribution in [3.63, 3.8) is 0 Å². The van der Waals surface area contributed by atoms with E-state index in [4.69, 9.17) is 21.1 Å². The molecule has 0 aliphatic heterocycles. The van der Waals surface area contributed by atoms with Gasteiger partial charge in [-0.15, -0.1) is 0 Å². The maximum atomic E-state index is 12.7. The van der Waals surface area contributed by atoms with Gasteiger partial charge in [-0.25, -0.2) is 0 Å². The van der Waals surface area contributed by atoms with Crippen LogP contribution >= 0.6 is 11.6 Å². The highest BCUT2D eigenvalue weighted by Crippen LogP contribution is 2.31. The third-order valence-electron chi connectivity index (χ3n) is 4.68. The normalized spacial score (nSPS) is 11.4. The SMILES string of the molecule is COc1cc(OC)cc(C(=O)NCC(C)(C)c2c[nH]c3cc(Cl)ccc23)c1. The molecule has 0 bridgehead atoms. The highest BCUT2D eigenvalue weighted by molar-refractivity contribution is 6.31. The van der Waals surface area contributed by atoms with E-state index in [9.17, 15) is 4.79 Å². The monoisotopic (exact) mass is 386 g/mol. The van der Waals surface area contributed by atoms with Gasteiger partial charge in [0, 0.05) is 45.7 Å². The Bertz CT molecular complexity index is 956. The van der Waals surface area contributed by atoms with Crippen LogP contribution in [0.3, 0.4) is 0 Å². The van der Waals surface area contributed by atoms with Crippen LogP contribution in [0.5, 0.6) is 11.5 Å². The fraction of sp³-hybridized carbons (Fsp3) is 0.286. The van der Waals surface area contributed by atoms with Gasteiger partial charge in [-0.3, -0.25) is 4.79 Å². The molecule has 3 rings (SSSR count). The smallest absolute Gasteiger partial charge is 0.251 e. The average Bonchev–Trinajstić information content (AvgIpc) is 3.09. The van der Waals surface area contributed by atoms with E-state index in [1.165, 1.54) is 0 Å². The molecule has 142 valence electrons. The third kappa shape index (κ3) is 4.03. The molecule has 1 aromatic heterocycles. The second kappa shape index (κ2) is 7.53. The molecule has 1 amide bonds. The van der Waals surface area contributed by atoms with Gasteiger partial charge < -0.3 is 19.8 Å². The summed E-state index contributed by atoms with van der Waals surface area (Å²) < 4.78 is 10.5. The van der Waals surface area contributed by atoms with Gasteiger partial charge in [0.1, 0.15) is 11.5 Å². The van der Waals surface area contributed by atoms with E-state index >= 15 is 0 Å². The van der Waals surface area contributed by atoms with Crippen LogP contribution in [0.15, 0.2) is 42.6 Å². The Hall–Kier alpha value is -2.66. The van der Waals surface area contributed by atoms with Gasteiger partial charge in [0.25, 0.3) is 5.91 Å². The number of hydrogen-bond donors (Lipinski definition) is 2. The van der Waals surface area contributed by atoms with E-state index in [1.54, 1.807) is 32.4 Å². The summed E-state index contributed by atoms with van der Waals surface area (Å²) in [5.41, 5.74) is 2.32. The number of halogens is 1. The first-order valence-corrected chi connectivity index (χ1v) is 9.00. The van der Waals surface area contributed by atoms with E-state index in [-0.39, 0.29) is 11.3 Å². The number of methoxy groups -OCH3 is 2. The number of fused-ring (bicyclic) bond motifs is 1. The largest absolute Gasteiger partial charge is 0.497 e. The molecule has 2 aromatic carbocycles. The van der Waals surface area contributed by atoms with Crippen molar-refractivity contribution in [2.45, 2.75) is 19.3 Å². The molecular formula is C21H23ClN2O3. The number of amides is 1. The lowest BCUT2D eigenvalue weighted by molar-refractivity contribution is 0.0945. The lowest BCUT2D eigenvalue weighted by atomic mass is 9.84. The van der Waals surface area contributed by atoms with Crippen LogP contribution in [-0.2, 0) is 5.41 Å². The van der Waals surface area contributed by atoms with E-state index in [0.29, 0.717) is 28.6 Å². The van der Waals surface area contributed by atoms with Crippen LogP contribution in [0.25, 0.3) is 10.9 Å². The number of hydrogen-bond acceptors (Lipinski definition) is 3. The summed E-state index contributed by atoms with van der Waals surface area (Å²) in [5.74, 6) is 0.975. The summed E-state index contributed by atoms with van der Waals surface area (Å²) in [4.78, 5) is 15.9. The molecule has 0 fully saturated rings. The van der Waals surface area contributed by atoms with Gasteiger partial charge in [-0.05, 0) is 29.8 Å². The van der Waals surface area contributed by atoms with Crippen LogP contribution in [0.1, 0.15) is 29.8 Å². The minimum atomic E-state index is -0.273. The van der Waals surface area contributed by atoms with Gasteiger partial charge in [0.2, 0.25) is 0 Å². The van der Waals surface area contributed by atoms with Crippen molar-refractivity contribution in [2.75, 3.05) is 20.8 Å².